The lowest BCUT2D eigenvalue weighted by atomic mass is 9.49. The first kappa shape index (κ1) is 52.5. The number of thiazole rings is 1. The maximum Gasteiger partial charge on any atom is 0.251 e. The first-order valence-corrected chi connectivity index (χ1v) is 25.2. The van der Waals surface area contributed by atoms with Crippen LogP contribution in [0.4, 0.5) is 5.69 Å². The van der Waals surface area contributed by atoms with Gasteiger partial charge in [-0.2, -0.15) is 5.26 Å². The number of benzene rings is 4. The molecule has 4 aromatic carbocycles. The van der Waals surface area contributed by atoms with Crippen LogP contribution in [0.1, 0.15) is 95.0 Å². The predicted molar refractivity (Wildman–Crippen MR) is 279 cm³/mol. The van der Waals surface area contributed by atoms with Crippen LogP contribution in [0.5, 0.6) is 5.75 Å². The molecule has 1 aliphatic heterocycles. The lowest BCUT2D eigenvalue weighted by Crippen LogP contribution is -2.74. The second-order valence-corrected chi connectivity index (χ2v) is 22.2. The molecule has 4 atom stereocenters. The van der Waals surface area contributed by atoms with Gasteiger partial charge in [-0.05, 0) is 77.9 Å². The van der Waals surface area contributed by atoms with Crippen molar-refractivity contribution >= 4 is 52.3 Å². The molecule has 6 N–H and O–H groups in total. The Labute approximate surface area is 425 Å². The van der Waals surface area contributed by atoms with Gasteiger partial charge in [-0.3, -0.25) is 19.2 Å². The number of nitrogens with zero attached hydrogens (tertiary/aromatic N) is 3. The van der Waals surface area contributed by atoms with Crippen LogP contribution in [0.25, 0.3) is 21.6 Å². The molecule has 2 heterocycles. The number of carbonyl (C=O) groups is 4. The molecule has 16 heteroatoms. The number of β-amino-alcohol motifs (C(OH)–C–C–N with tert-alkyl or cyclic N) is 1. The summed E-state index contributed by atoms with van der Waals surface area (Å²) in [6.45, 7) is 18.7. The number of nitrogens with one attached hydrogen (secondary N) is 5. The van der Waals surface area contributed by atoms with Gasteiger partial charge in [-0.1, -0.05) is 109 Å². The highest BCUT2D eigenvalue weighted by atomic mass is 35.5. The van der Waals surface area contributed by atoms with E-state index in [9.17, 15) is 29.5 Å². The highest BCUT2D eigenvalue weighted by Crippen LogP contribution is 2.55. The SMILES string of the molecule is Cc1ncsc1-c1ccc([C@H](C)NC(=O)[C@@H]2C[C@@H](O)CN2C(=O)C(NC(=O)CNCCNc2ccc(-c3ccc(C(=O)NC4C(C)(C)C(Oc5ccc(C#N)c(Cl)c5)C4(C)C)cc3)cc2)C(C)(C)C)cc1. The summed E-state index contributed by atoms with van der Waals surface area (Å²) in [6.07, 6.45) is -0.986. The van der Waals surface area contributed by atoms with Crippen LogP contribution in [0.3, 0.4) is 0 Å². The molecule has 1 unspecified atom stereocenters. The van der Waals surface area contributed by atoms with Gasteiger partial charge in [0, 0.05) is 60.2 Å². The van der Waals surface area contributed by atoms with Gasteiger partial charge in [0.2, 0.25) is 17.7 Å². The topological polar surface area (TPSA) is 198 Å². The fourth-order valence-electron chi connectivity index (χ4n) is 10.1. The van der Waals surface area contributed by atoms with Crippen LogP contribution in [0.2, 0.25) is 5.02 Å². The third-order valence-corrected chi connectivity index (χ3v) is 15.1. The standard InChI is InChI=1S/C55H65ClN8O6S/c1-32(34-10-14-37(15-11-34)46-33(2)60-31-71-46)61-49(68)44-26-41(65)30-64(44)50(69)47(53(3,4)5)62-45(66)29-58-24-25-59-40-21-18-36(19-22-40)35-12-16-38(17-13-35)48(67)63-51-54(6,7)52(55(51,8)9)70-42-23-20-39(28-57)43(56)27-42/h10-23,27,31-32,41,44,47,51-52,58-59,65H,24-26,29-30H2,1-9H3,(H,61,68)(H,62,66)(H,63,67)/t32-,41+,44-,47?,51?,52?/m0/s1. The number of likely N-dealkylation sites (tertiary alicyclic amines) is 1. The van der Waals surface area contributed by atoms with Crippen LogP contribution in [0, 0.1) is 34.5 Å². The van der Waals surface area contributed by atoms with Gasteiger partial charge in [0.15, 0.2) is 0 Å². The van der Waals surface area contributed by atoms with Crippen LogP contribution in [0.15, 0.2) is 96.5 Å². The number of amides is 4. The van der Waals surface area contributed by atoms with Crippen molar-refractivity contribution in [3.8, 4) is 33.4 Å². The van der Waals surface area contributed by atoms with E-state index >= 15 is 0 Å². The summed E-state index contributed by atoms with van der Waals surface area (Å²) in [4.78, 5) is 61.4. The Hall–Kier alpha value is -6.31. The van der Waals surface area contributed by atoms with Crippen molar-refractivity contribution in [1.82, 2.24) is 31.2 Å². The number of hydrogen-bond donors (Lipinski definition) is 6. The lowest BCUT2D eigenvalue weighted by molar-refractivity contribution is -0.164. The Balaban J connectivity index is 0.847. The minimum Gasteiger partial charge on any atom is -0.489 e. The molecule has 0 radical (unpaired) electrons. The van der Waals surface area contributed by atoms with E-state index < -0.39 is 29.5 Å². The number of carbonyl (C=O) groups excluding carboxylic acids is 4. The smallest absolute Gasteiger partial charge is 0.251 e. The van der Waals surface area contributed by atoms with Crippen LogP contribution < -0.4 is 31.3 Å². The first-order valence-electron chi connectivity index (χ1n) is 24.0. The Kier molecular flexibility index (Phi) is 16.0. The van der Waals surface area contributed by atoms with Crippen molar-refractivity contribution in [3.63, 3.8) is 0 Å². The van der Waals surface area contributed by atoms with Crippen LogP contribution in [-0.2, 0) is 14.4 Å². The molecule has 0 bridgehead atoms. The van der Waals surface area contributed by atoms with Crippen LogP contribution in [-0.4, -0.2) is 95.1 Å². The van der Waals surface area contributed by atoms with E-state index in [1.165, 1.54) is 4.90 Å². The van der Waals surface area contributed by atoms with Gasteiger partial charge in [-0.25, -0.2) is 4.98 Å². The molecule has 1 saturated heterocycles. The van der Waals surface area contributed by atoms with E-state index in [2.05, 4.69) is 65.3 Å². The second-order valence-electron chi connectivity index (χ2n) is 20.9. The summed E-state index contributed by atoms with van der Waals surface area (Å²) in [5.41, 5.74) is 7.05. The zero-order chi connectivity index (χ0) is 51.4. The van der Waals surface area contributed by atoms with Gasteiger partial charge in [-0.15, -0.1) is 11.3 Å². The summed E-state index contributed by atoms with van der Waals surface area (Å²) in [6, 6.07) is 28.2. The molecule has 1 aromatic heterocycles. The fraction of sp³-hybridized carbons (Fsp3) is 0.418. The molecule has 14 nitrogen and oxygen atoms in total. The van der Waals surface area contributed by atoms with Crippen molar-refractivity contribution in [2.75, 3.05) is 31.5 Å². The summed E-state index contributed by atoms with van der Waals surface area (Å²) < 4.78 is 6.37. The van der Waals surface area contributed by atoms with Crippen molar-refractivity contribution in [2.45, 2.75) is 105 Å². The molecule has 1 aliphatic carbocycles. The number of rotatable bonds is 17. The third kappa shape index (κ3) is 11.9. The number of aliphatic hydroxyl groups is 1. The Morgan fingerprint density at radius 3 is 2.14 bits per heavy atom. The number of anilines is 1. The summed E-state index contributed by atoms with van der Waals surface area (Å²) in [5, 5.41) is 35.9. The number of halogens is 1. The molecule has 2 fully saturated rings. The van der Waals surface area contributed by atoms with Crippen molar-refractivity contribution in [2.24, 2.45) is 16.2 Å². The molecule has 5 aromatic rings. The Bertz CT molecular complexity index is 2750. The number of aryl methyl sites for hydroxylation is 1. The molecule has 4 amide bonds. The van der Waals surface area contributed by atoms with E-state index in [4.69, 9.17) is 16.3 Å². The van der Waals surface area contributed by atoms with Gasteiger partial charge in [0.1, 0.15) is 30.0 Å². The maximum absolute atomic E-state index is 14.1. The minimum absolute atomic E-state index is 0.0102. The Morgan fingerprint density at radius 2 is 1.55 bits per heavy atom. The number of aliphatic hydroxyl groups excluding tert-OH is 1. The van der Waals surface area contributed by atoms with Gasteiger partial charge >= 0.3 is 0 Å². The summed E-state index contributed by atoms with van der Waals surface area (Å²) >= 11 is 7.83. The summed E-state index contributed by atoms with van der Waals surface area (Å²) in [5.74, 6) is -0.733. The fourth-order valence-corrected chi connectivity index (χ4v) is 11.2. The lowest BCUT2D eigenvalue weighted by Gasteiger charge is -2.63. The zero-order valence-electron chi connectivity index (χ0n) is 41.9. The summed E-state index contributed by atoms with van der Waals surface area (Å²) in [7, 11) is 0. The molecule has 71 heavy (non-hydrogen) atoms. The molecular weight excluding hydrogens is 936 g/mol. The first-order chi connectivity index (χ1) is 33.6. The average Bonchev–Trinajstić information content (AvgIpc) is 3.96. The van der Waals surface area contributed by atoms with Crippen molar-refractivity contribution in [3.05, 3.63) is 124 Å². The number of ether oxygens (including phenoxy) is 1. The van der Waals surface area contributed by atoms with Gasteiger partial charge in [0.25, 0.3) is 5.91 Å². The highest BCUT2D eigenvalue weighted by Gasteiger charge is 2.64. The normalized spacial score (nSPS) is 19.9. The number of hydrogen-bond acceptors (Lipinski definition) is 11. The minimum atomic E-state index is -0.938. The highest BCUT2D eigenvalue weighted by molar-refractivity contribution is 7.13. The van der Waals surface area contributed by atoms with Crippen LogP contribution >= 0.6 is 22.9 Å². The van der Waals surface area contributed by atoms with E-state index in [0.29, 0.717) is 35.0 Å². The zero-order valence-corrected chi connectivity index (χ0v) is 43.4. The Morgan fingerprint density at radius 1 is 0.915 bits per heavy atom. The molecule has 374 valence electrons. The molecule has 7 rings (SSSR count). The number of nitriles is 1. The quantitative estimate of drug-likeness (QED) is 0.0493. The van der Waals surface area contributed by atoms with Gasteiger partial charge in [0.05, 0.1) is 45.4 Å². The van der Waals surface area contributed by atoms with E-state index in [0.717, 1.165) is 38.5 Å². The molecule has 0 spiro atoms. The third-order valence-electron chi connectivity index (χ3n) is 13.8. The van der Waals surface area contributed by atoms with Crippen molar-refractivity contribution in [1.29, 1.82) is 5.26 Å². The van der Waals surface area contributed by atoms with E-state index in [1.807, 2.05) is 113 Å². The maximum atomic E-state index is 14.1. The largest absolute Gasteiger partial charge is 0.489 e. The second kappa shape index (κ2) is 21.6. The molecule has 2 aliphatic rings. The average molecular weight is 1000 g/mol. The van der Waals surface area contributed by atoms with E-state index in [-0.39, 0.29) is 66.2 Å². The van der Waals surface area contributed by atoms with Crippen molar-refractivity contribution < 1.29 is 29.0 Å². The van der Waals surface area contributed by atoms with E-state index in [1.54, 1.807) is 29.5 Å². The monoisotopic (exact) mass is 1000 g/mol. The number of aromatic nitrogens is 1. The van der Waals surface area contributed by atoms with Gasteiger partial charge < -0.3 is 41.3 Å². The predicted octanol–water partition coefficient (Wildman–Crippen LogP) is 8.29. The molecule has 1 saturated carbocycles. The molecular formula is C55H65ClN8O6S.